The fraction of sp³-hybridized carbons (Fsp3) is 0.300. The molecule has 1 aromatic carbocycles. The Morgan fingerprint density at radius 3 is 2.93 bits per heavy atom. The molecule has 0 aliphatic carbocycles. The smallest absolute Gasteiger partial charge is 0.252 e. The second kappa shape index (κ2) is 4.98. The van der Waals surface area contributed by atoms with Gasteiger partial charge < -0.3 is 10.4 Å². The summed E-state index contributed by atoms with van der Waals surface area (Å²) in [6, 6.07) is 5.27. The summed E-state index contributed by atoms with van der Waals surface area (Å²) in [5.41, 5.74) is 1.31. The van der Waals surface area contributed by atoms with Crippen LogP contribution >= 0.6 is 11.6 Å². The van der Waals surface area contributed by atoms with E-state index in [1.807, 2.05) is 13.0 Å². The van der Waals surface area contributed by atoms with Gasteiger partial charge in [-0.2, -0.15) is 0 Å². The van der Waals surface area contributed by atoms with Gasteiger partial charge in [0, 0.05) is 6.54 Å². The summed E-state index contributed by atoms with van der Waals surface area (Å²) in [6.45, 7) is 2.00. The maximum absolute atomic E-state index is 11.5. The Balaban J connectivity index is 2.84. The average molecular weight is 214 g/mol. The summed E-state index contributed by atoms with van der Waals surface area (Å²) in [6.07, 6.45) is 0. The molecule has 1 amide bonds. The van der Waals surface area contributed by atoms with Crippen molar-refractivity contribution in [3.63, 3.8) is 0 Å². The van der Waals surface area contributed by atoms with Crippen molar-refractivity contribution in [2.24, 2.45) is 0 Å². The van der Waals surface area contributed by atoms with Crippen LogP contribution in [0, 0.1) is 6.92 Å². The number of aliphatic hydroxyl groups excluding tert-OH is 1. The highest BCUT2D eigenvalue weighted by atomic mass is 35.5. The minimum Gasteiger partial charge on any atom is -0.395 e. The van der Waals surface area contributed by atoms with Gasteiger partial charge in [0.1, 0.15) is 0 Å². The highest BCUT2D eigenvalue weighted by Crippen LogP contribution is 2.19. The minimum atomic E-state index is -0.257. The molecule has 2 N–H and O–H groups in total. The number of nitrogens with one attached hydrogen (secondary N) is 1. The lowest BCUT2D eigenvalue weighted by Crippen LogP contribution is -2.26. The van der Waals surface area contributed by atoms with Crippen molar-refractivity contribution in [2.45, 2.75) is 6.92 Å². The van der Waals surface area contributed by atoms with Crippen LogP contribution in [0.25, 0.3) is 0 Å². The van der Waals surface area contributed by atoms with E-state index in [1.54, 1.807) is 12.1 Å². The summed E-state index contributed by atoms with van der Waals surface area (Å²) in [7, 11) is 0. The Bertz CT molecular complexity index is 339. The number of amides is 1. The molecule has 0 aromatic heterocycles. The molecule has 0 unspecified atom stereocenters. The number of aliphatic hydroxyl groups is 1. The molecule has 0 fully saturated rings. The quantitative estimate of drug-likeness (QED) is 0.797. The van der Waals surface area contributed by atoms with Gasteiger partial charge in [0.05, 0.1) is 17.2 Å². The first-order chi connectivity index (χ1) is 6.66. The average Bonchev–Trinajstić information content (AvgIpc) is 2.18. The molecule has 0 aliphatic heterocycles. The Morgan fingerprint density at radius 2 is 2.29 bits per heavy atom. The first-order valence-corrected chi connectivity index (χ1v) is 4.68. The Morgan fingerprint density at radius 1 is 1.57 bits per heavy atom. The molecular formula is C10H12ClNO2. The van der Waals surface area contributed by atoms with Crippen molar-refractivity contribution < 1.29 is 9.90 Å². The van der Waals surface area contributed by atoms with E-state index in [1.165, 1.54) is 0 Å². The van der Waals surface area contributed by atoms with E-state index in [9.17, 15) is 4.79 Å². The van der Waals surface area contributed by atoms with Crippen LogP contribution < -0.4 is 5.32 Å². The number of hydrogen-bond donors (Lipinski definition) is 2. The van der Waals surface area contributed by atoms with Crippen LogP contribution in [0.5, 0.6) is 0 Å². The van der Waals surface area contributed by atoms with Gasteiger partial charge in [-0.15, -0.1) is 0 Å². The van der Waals surface area contributed by atoms with Crippen molar-refractivity contribution in [3.05, 3.63) is 34.3 Å². The Labute approximate surface area is 87.7 Å². The number of carbonyl (C=O) groups is 1. The van der Waals surface area contributed by atoms with E-state index in [0.717, 1.165) is 5.56 Å². The summed E-state index contributed by atoms with van der Waals surface area (Å²) in [5.74, 6) is -0.257. The number of carbonyl (C=O) groups excluding carboxylic acids is 1. The molecule has 1 rings (SSSR count). The van der Waals surface area contributed by atoms with E-state index in [-0.39, 0.29) is 19.1 Å². The third kappa shape index (κ3) is 2.47. The second-order valence-corrected chi connectivity index (χ2v) is 3.29. The number of aryl methyl sites for hydroxylation is 1. The maximum atomic E-state index is 11.5. The molecule has 0 radical (unpaired) electrons. The van der Waals surface area contributed by atoms with Gasteiger partial charge >= 0.3 is 0 Å². The molecule has 0 atom stereocenters. The van der Waals surface area contributed by atoms with Gasteiger partial charge in [0.25, 0.3) is 5.91 Å². The SMILES string of the molecule is Cc1cccc(C(=O)NCCO)c1Cl. The molecule has 0 saturated carbocycles. The van der Waals surface area contributed by atoms with E-state index in [2.05, 4.69) is 5.32 Å². The molecule has 3 nitrogen and oxygen atoms in total. The molecular weight excluding hydrogens is 202 g/mol. The molecule has 0 aliphatic rings. The molecule has 1 aromatic rings. The van der Waals surface area contributed by atoms with E-state index < -0.39 is 0 Å². The van der Waals surface area contributed by atoms with Crippen LogP contribution in [0.2, 0.25) is 5.02 Å². The molecule has 0 spiro atoms. The standard InChI is InChI=1S/C10H12ClNO2/c1-7-3-2-4-8(9(7)11)10(14)12-5-6-13/h2-4,13H,5-6H2,1H3,(H,12,14). The largest absolute Gasteiger partial charge is 0.395 e. The molecule has 0 saturated heterocycles. The van der Waals surface area contributed by atoms with Gasteiger partial charge in [0.2, 0.25) is 0 Å². The van der Waals surface area contributed by atoms with Crippen LogP contribution in [-0.4, -0.2) is 24.2 Å². The topological polar surface area (TPSA) is 49.3 Å². The normalized spacial score (nSPS) is 9.93. The van der Waals surface area contributed by atoms with Crippen molar-refractivity contribution in [1.29, 1.82) is 0 Å². The summed E-state index contributed by atoms with van der Waals surface area (Å²) in [4.78, 5) is 11.5. The summed E-state index contributed by atoms with van der Waals surface area (Å²) < 4.78 is 0. The van der Waals surface area contributed by atoms with Gasteiger partial charge in [-0.05, 0) is 18.6 Å². The maximum Gasteiger partial charge on any atom is 0.252 e. The Kier molecular flexibility index (Phi) is 3.92. The lowest BCUT2D eigenvalue weighted by Gasteiger charge is -2.06. The van der Waals surface area contributed by atoms with Crippen LogP contribution in [0.15, 0.2) is 18.2 Å². The zero-order chi connectivity index (χ0) is 10.6. The lowest BCUT2D eigenvalue weighted by molar-refractivity contribution is 0.0945. The van der Waals surface area contributed by atoms with E-state index >= 15 is 0 Å². The number of benzene rings is 1. The monoisotopic (exact) mass is 213 g/mol. The van der Waals surface area contributed by atoms with E-state index in [0.29, 0.717) is 10.6 Å². The van der Waals surface area contributed by atoms with Crippen molar-refractivity contribution in [1.82, 2.24) is 5.32 Å². The van der Waals surface area contributed by atoms with Crippen molar-refractivity contribution >= 4 is 17.5 Å². The highest BCUT2D eigenvalue weighted by molar-refractivity contribution is 6.34. The minimum absolute atomic E-state index is 0.0742. The molecule has 76 valence electrons. The zero-order valence-corrected chi connectivity index (χ0v) is 8.64. The number of rotatable bonds is 3. The van der Waals surface area contributed by atoms with Crippen LogP contribution in [0.1, 0.15) is 15.9 Å². The van der Waals surface area contributed by atoms with Crippen LogP contribution in [0.4, 0.5) is 0 Å². The van der Waals surface area contributed by atoms with Gasteiger partial charge in [-0.1, -0.05) is 23.7 Å². The van der Waals surface area contributed by atoms with Gasteiger partial charge in [-0.3, -0.25) is 4.79 Å². The third-order valence-corrected chi connectivity index (χ3v) is 2.34. The van der Waals surface area contributed by atoms with Gasteiger partial charge in [0.15, 0.2) is 0 Å². The summed E-state index contributed by atoms with van der Waals surface area (Å²) >= 11 is 5.94. The molecule has 14 heavy (non-hydrogen) atoms. The fourth-order valence-electron chi connectivity index (χ4n) is 1.09. The molecule has 0 heterocycles. The third-order valence-electron chi connectivity index (χ3n) is 1.83. The molecule has 4 heteroatoms. The number of hydrogen-bond acceptors (Lipinski definition) is 2. The van der Waals surface area contributed by atoms with Gasteiger partial charge in [-0.25, -0.2) is 0 Å². The van der Waals surface area contributed by atoms with Crippen LogP contribution in [0.3, 0.4) is 0 Å². The summed E-state index contributed by atoms with van der Waals surface area (Å²) in [5, 5.41) is 11.5. The lowest BCUT2D eigenvalue weighted by atomic mass is 10.1. The first kappa shape index (κ1) is 11.0. The predicted molar refractivity (Wildman–Crippen MR) is 55.6 cm³/mol. The van der Waals surface area contributed by atoms with Crippen molar-refractivity contribution in [2.75, 3.05) is 13.2 Å². The van der Waals surface area contributed by atoms with E-state index in [4.69, 9.17) is 16.7 Å². The van der Waals surface area contributed by atoms with Crippen molar-refractivity contribution in [3.8, 4) is 0 Å². The van der Waals surface area contributed by atoms with Crippen LogP contribution in [-0.2, 0) is 0 Å². The first-order valence-electron chi connectivity index (χ1n) is 4.31. The fourth-order valence-corrected chi connectivity index (χ4v) is 1.30. The highest BCUT2D eigenvalue weighted by Gasteiger charge is 2.10. The predicted octanol–water partition coefficient (Wildman–Crippen LogP) is 1.37. The second-order valence-electron chi connectivity index (χ2n) is 2.92. The molecule has 0 bridgehead atoms. The number of halogens is 1. The Hall–Kier alpha value is -1.06. The zero-order valence-electron chi connectivity index (χ0n) is 7.88.